The minimum atomic E-state index is 0.660. The number of ether oxygens (including phenoxy) is 2. The van der Waals surface area contributed by atoms with Gasteiger partial charge in [0.1, 0.15) is 5.82 Å². The number of pyridine rings is 1. The first kappa shape index (κ1) is 20.6. The number of nitrogens with zero attached hydrogens (tertiary/aromatic N) is 5. The van der Waals surface area contributed by atoms with Crippen LogP contribution in [0.1, 0.15) is 12.8 Å². The first-order valence-electron chi connectivity index (χ1n) is 11.0. The van der Waals surface area contributed by atoms with E-state index in [0.717, 1.165) is 99.2 Å². The largest absolute Gasteiger partial charge is 0.381 e. The standard InChI is InChI=1S/C21H29N7O2S/c1-2-19(22-5-6-27-7-11-30-12-8-27)23-14-17(1)18-15-28-21(25-18)31-20(26-28)24-13-16-3-9-29-10-4-16/h1-2,14-16H,3-13H2,(H,22,23)(H,24,26). The minimum Gasteiger partial charge on any atom is -0.381 e. The summed E-state index contributed by atoms with van der Waals surface area (Å²) in [6.45, 7) is 8.23. The second-order valence-electron chi connectivity index (χ2n) is 8.01. The lowest BCUT2D eigenvalue weighted by Gasteiger charge is -2.26. The van der Waals surface area contributed by atoms with E-state index in [1.807, 2.05) is 23.0 Å². The van der Waals surface area contributed by atoms with Gasteiger partial charge in [-0.25, -0.2) is 14.5 Å². The Labute approximate surface area is 185 Å². The Bertz CT molecular complexity index is 930. The maximum atomic E-state index is 5.42. The molecule has 2 fully saturated rings. The third-order valence-electron chi connectivity index (χ3n) is 5.82. The van der Waals surface area contributed by atoms with Crippen molar-refractivity contribution in [3.63, 3.8) is 0 Å². The first-order valence-corrected chi connectivity index (χ1v) is 11.8. The Kier molecular flexibility index (Phi) is 6.59. The van der Waals surface area contributed by atoms with E-state index in [-0.39, 0.29) is 0 Å². The highest BCUT2D eigenvalue weighted by atomic mass is 32.1. The van der Waals surface area contributed by atoms with E-state index in [0.29, 0.717) is 5.92 Å². The molecule has 0 saturated carbocycles. The molecule has 5 heterocycles. The molecule has 0 aromatic carbocycles. The van der Waals surface area contributed by atoms with Gasteiger partial charge in [0, 0.05) is 57.7 Å². The second kappa shape index (κ2) is 9.90. The molecule has 31 heavy (non-hydrogen) atoms. The van der Waals surface area contributed by atoms with E-state index in [9.17, 15) is 0 Å². The lowest BCUT2D eigenvalue weighted by atomic mass is 10.0. The molecule has 3 aromatic heterocycles. The van der Waals surface area contributed by atoms with Crippen LogP contribution in [0.3, 0.4) is 0 Å². The van der Waals surface area contributed by atoms with Crippen LogP contribution in [0, 0.1) is 5.92 Å². The van der Waals surface area contributed by atoms with Crippen molar-refractivity contribution in [3.05, 3.63) is 24.5 Å². The van der Waals surface area contributed by atoms with Crippen molar-refractivity contribution < 1.29 is 9.47 Å². The highest BCUT2D eigenvalue weighted by molar-refractivity contribution is 7.20. The van der Waals surface area contributed by atoms with Crippen LogP contribution in [0.5, 0.6) is 0 Å². The molecule has 2 N–H and O–H groups in total. The highest BCUT2D eigenvalue weighted by Gasteiger charge is 2.15. The van der Waals surface area contributed by atoms with Crippen molar-refractivity contribution in [1.82, 2.24) is 24.5 Å². The van der Waals surface area contributed by atoms with Crippen LogP contribution in [-0.2, 0) is 9.47 Å². The summed E-state index contributed by atoms with van der Waals surface area (Å²) in [5.74, 6) is 1.54. The van der Waals surface area contributed by atoms with E-state index in [1.165, 1.54) is 0 Å². The summed E-state index contributed by atoms with van der Waals surface area (Å²) in [7, 11) is 0. The molecule has 166 valence electrons. The van der Waals surface area contributed by atoms with Gasteiger partial charge in [0.25, 0.3) is 0 Å². The molecule has 0 spiro atoms. The summed E-state index contributed by atoms with van der Waals surface area (Å²) < 4.78 is 12.7. The average Bonchev–Trinajstić information content (AvgIpc) is 3.39. The number of anilines is 2. The number of aromatic nitrogens is 4. The average molecular weight is 444 g/mol. The van der Waals surface area contributed by atoms with Crippen LogP contribution in [0.15, 0.2) is 24.5 Å². The predicted octanol–water partition coefficient (Wildman–Crippen LogP) is 2.44. The molecule has 2 aliphatic heterocycles. The van der Waals surface area contributed by atoms with E-state index in [1.54, 1.807) is 11.3 Å². The normalized spacial score (nSPS) is 18.5. The SMILES string of the molecule is c1cc(NCCN2CCOCC2)ncc1-c1cn2nc(NCC3CCOCC3)sc2n1. The highest BCUT2D eigenvalue weighted by Crippen LogP contribution is 2.25. The van der Waals surface area contributed by atoms with Crippen LogP contribution in [0.4, 0.5) is 10.9 Å². The maximum Gasteiger partial charge on any atom is 0.214 e. The zero-order valence-electron chi connectivity index (χ0n) is 17.6. The fourth-order valence-corrected chi connectivity index (χ4v) is 4.70. The van der Waals surface area contributed by atoms with Gasteiger partial charge in [-0.2, -0.15) is 0 Å². The summed E-state index contributed by atoms with van der Waals surface area (Å²) in [5, 5.41) is 12.4. The molecule has 0 bridgehead atoms. The molecule has 0 radical (unpaired) electrons. The van der Waals surface area contributed by atoms with E-state index >= 15 is 0 Å². The van der Waals surface area contributed by atoms with Crippen molar-refractivity contribution in [2.75, 3.05) is 69.8 Å². The lowest BCUT2D eigenvalue weighted by Crippen LogP contribution is -2.39. The monoisotopic (exact) mass is 443 g/mol. The molecule has 5 rings (SSSR count). The van der Waals surface area contributed by atoms with Gasteiger partial charge in [0.15, 0.2) is 0 Å². The quantitative estimate of drug-likeness (QED) is 0.549. The Morgan fingerprint density at radius 3 is 2.68 bits per heavy atom. The fourth-order valence-electron chi connectivity index (χ4n) is 3.91. The molecule has 0 unspecified atom stereocenters. The molecule has 3 aromatic rings. The number of fused-ring (bicyclic) bond motifs is 1. The summed E-state index contributed by atoms with van der Waals surface area (Å²) in [5.41, 5.74) is 1.88. The Morgan fingerprint density at radius 1 is 1.06 bits per heavy atom. The number of hydrogen-bond donors (Lipinski definition) is 2. The molecule has 9 nitrogen and oxygen atoms in total. The maximum absolute atomic E-state index is 5.42. The van der Waals surface area contributed by atoms with E-state index < -0.39 is 0 Å². The Morgan fingerprint density at radius 2 is 1.90 bits per heavy atom. The number of imidazole rings is 1. The van der Waals surface area contributed by atoms with Crippen LogP contribution in [0.2, 0.25) is 0 Å². The smallest absolute Gasteiger partial charge is 0.214 e. The third kappa shape index (κ3) is 5.32. The summed E-state index contributed by atoms with van der Waals surface area (Å²) in [6, 6.07) is 4.07. The molecule has 2 saturated heterocycles. The fraction of sp³-hybridized carbons (Fsp3) is 0.571. The van der Waals surface area contributed by atoms with E-state index in [4.69, 9.17) is 14.5 Å². The zero-order chi connectivity index (χ0) is 20.9. The lowest BCUT2D eigenvalue weighted by molar-refractivity contribution is 0.0398. The summed E-state index contributed by atoms with van der Waals surface area (Å²) >= 11 is 1.58. The predicted molar refractivity (Wildman–Crippen MR) is 122 cm³/mol. The number of rotatable bonds is 8. The number of morpholine rings is 1. The van der Waals surface area contributed by atoms with Gasteiger partial charge in [-0.3, -0.25) is 4.90 Å². The van der Waals surface area contributed by atoms with Crippen LogP contribution in [-0.4, -0.2) is 83.6 Å². The molecule has 0 aliphatic carbocycles. The van der Waals surface area contributed by atoms with Gasteiger partial charge in [-0.1, -0.05) is 11.3 Å². The Balaban J connectivity index is 1.14. The van der Waals surface area contributed by atoms with E-state index in [2.05, 4.69) is 31.7 Å². The summed E-state index contributed by atoms with van der Waals surface area (Å²) in [4.78, 5) is 12.6. The number of nitrogens with one attached hydrogen (secondary N) is 2. The molecule has 0 atom stereocenters. The minimum absolute atomic E-state index is 0.660. The van der Waals surface area contributed by atoms with Crippen LogP contribution in [0.25, 0.3) is 16.2 Å². The second-order valence-corrected chi connectivity index (χ2v) is 8.97. The van der Waals surface area contributed by atoms with Gasteiger partial charge in [-0.05, 0) is 30.9 Å². The molecule has 0 amide bonds. The topological polar surface area (TPSA) is 88.8 Å². The van der Waals surface area contributed by atoms with Gasteiger partial charge < -0.3 is 20.1 Å². The van der Waals surface area contributed by atoms with Gasteiger partial charge in [0.05, 0.1) is 25.1 Å². The van der Waals surface area contributed by atoms with Crippen molar-refractivity contribution in [2.24, 2.45) is 5.92 Å². The number of hydrogen-bond acceptors (Lipinski definition) is 9. The molecular formula is C21H29N7O2S. The van der Waals surface area contributed by atoms with Crippen LogP contribution < -0.4 is 10.6 Å². The van der Waals surface area contributed by atoms with Crippen molar-refractivity contribution in [3.8, 4) is 11.3 Å². The van der Waals surface area contributed by atoms with Crippen molar-refractivity contribution in [1.29, 1.82) is 0 Å². The van der Waals surface area contributed by atoms with Gasteiger partial charge in [0.2, 0.25) is 10.1 Å². The van der Waals surface area contributed by atoms with Crippen molar-refractivity contribution >= 4 is 27.2 Å². The molecule has 2 aliphatic rings. The zero-order valence-corrected chi connectivity index (χ0v) is 18.4. The summed E-state index contributed by atoms with van der Waals surface area (Å²) in [6.07, 6.45) is 6.07. The molecular weight excluding hydrogens is 414 g/mol. The Hall–Kier alpha value is -2.27. The van der Waals surface area contributed by atoms with Gasteiger partial charge in [-0.15, -0.1) is 5.10 Å². The third-order valence-corrected chi connectivity index (χ3v) is 6.70. The van der Waals surface area contributed by atoms with Crippen molar-refractivity contribution in [2.45, 2.75) is 12.8 Å². The van der Waals surface area contributed by atoms with Gasteiger partial charge >= 0.3 is 0 Å². The molecule has 10 heteroatoms. The van der Waals surface area contributed by atoms with Crippen LogP contribution >= 0.6 is 11.3 Å². The first-order chi connectivity index (χ1) is 15.3.